The van der Waals surface area contributed by atoms with Crippen LogP contribution in [0.4, 0.5) is 0 Å². The number of hydrogen-bond acceptors (Lipinski definition) is 4. The summed E-state index contributed by atoms with van der Waals surface area (Å²) in [4.78, 5) is 3.27. The molecule has 0 spiro atoms. The Morgan fingerprint density at radius 2 is 1.88 bits per heavy atom. The lowest BCUT2D eigenvalue weighted by Crippen LogP contribution is -2.39. The van der Waals surface area contributed by atoms with E-state index in [-0.39, 0.29) is 18.7 Å². The summed E-state index contributed by atoms with van der Waals surface area (Å²) in [7, 11) is 3.95. The molecule has 1 aromatic rings. The van der Waals surface area contributed by atoms with Crippen molar-refractivity contribution in [2.45, 2.75) is 17.0 Å². The van der Waals surface area contributed by atoms with Crippen LogP contribution in [0.3, 0.4) is 0 Å². The number of thioether (sulfide) groups is 1. The number of nitrogens with zero attached hydrogens (tertiary/aromatic N) is 1. The third kappa shape index (κ3) is 3.22. The minimum absolute atomic E-state index is 0.00682. The summed E-state index contributed by atoms with van der Waals surface area (Å²) in [6.45, 7) is -0.00682. The van der Waals surface area contributed by atoms with Crippen LogP contribution in [0.25, 0.3) is 0 Å². The Bertz CT molecular complexity index is 313. The van der Waals surface area contributed by atoms with Crippen molar-refractivity contribution >= 4 is 11.8 Å². The highest BCUT2D eigenvalue weighted by Crippen LogP contribution is 2.23. The number of rotatable bonds is 5. The Hall–Kier alpha value is -0.550. The summed E-state index contributed by atoms with van der Waals surface area (Å²) in [5.41, 5.74) is 7.07. The summed E-state index contributed by atoms with van der Waals surface area (Å²) in [6.07, 6.45) is 2.05. The molecule has 0 aliphatic heterocycles. The van der Waals surface area contributed by atoms with Gasteiger partial charge in [-0.2, -0.15) is 0 Å². The monoisotopic (exact) mass is 240 g/mol. The van der Waals surface area contributed by atoms with Gasteiger partial charge in [-0.1, -0.05) is 12.1 Å². The van der Waals surface area contributed by atoms with E-state index in [1.807, 2.05) is 19.0 Å². The smallest absolute Gasteiger partial charge is 0.0601 e. The van der Waals surface area contributed by atoms with Gasteiger partial charge in [0.2, 0.25) is 0 Å². The molecule has 0 fully saturated rings. The Labute approximate surface area is 102 Å². The van der Waals surface area contributed by atoms with Gasteiger partial charge in [0.05, 0.1) is 12.6 Å². The molecule has 1 rings (SSSR count). The van der Waals surface area contributed by atoms with Crippen LogP contribution in [-0.2, 0) is 0 Å². The highest BCUT2D eigenvalue weighted by molar-refractivity contribution is 7.98. The van der Waals surface area contributed by atoms with E-state index in [1.165, 1.54) is 4.90 Å². The molecule has 0 aromatic heterocycles. The van der Waals surface area contributed by atoms with Gasteiger partial charge in [-0.05, 0) is 38.0 Å². The van der Waals surface area contributed by atoms with Crippen molar-refractivity contribution in [2.75, 3.05) is 27.0 Å². The molecule has 0 saturated carbocycles. The van der Waals surface area contributed by atoms with Crippen molar-refractivity contribution < 1.29 is 5.11 Å². The van der Waals surface area contributed by atoms with Crippen LogP contribution in [0.2, 0.25) is 0 Å². The van der Waals surface area contributed by atoms with Gasteiger partial charge < -0.3 is 15.7 Å². The molecule has 16 heavy (non-hydrogen) atoms. The lowest BCUT2D eigenvalue weighted by atomic mass is 9.99. The van der Waals surface area contributed by atoms with E-state index in [2.05, 4.69) is 30.5 Å². The van der Waals surface area contributed by atoms with Crippen LogP contribution in [-0.4, -0.2) is 43.0 Å². The third-order valence-corrected chi connectivity index (χ3v) is 3.37. The molecule has 0 heterocycles. The lowest BCUT2D eigenvalue weighted by Gasteiger charge is -2.29. The maximum Gasteiger partial charge on any atom is 0.0601 e. The maximum atomic E-state index is 9.16. The molecule has 0 bridgehead atoms. The largest absolute Gasteiger partial charge is 0.395 e. The molecule has 1 aromatic carbocycles. The Kier molecular flexibility index (Phi) is 5.28. The molecule has 0 radical (unpaired) electrons. The van der Waals surface area contributed by atoms with Crippen molar-refractivity contribution in [3.63, 3.8) is 0 Å². The molecule has 0 aliphatic carbocycles. The fourth-order valence-corrected chi connectivity index (χ4v) is 2.24. The summed E-state index contributed by atoms with van der Waals surface area (Å²) in [6, 6.07) is 8.12. The number of hydrogen-bond donors (Lipinski definition) is 2. The number of likely N-dealkylation sites (N-methyl/N-ethyl adjacent to an activating group) is 1. The minimum atomic E-state index is -0.255. The second-order valence-electron chi connectivity index (χ2n) is 4.03. The Balaban J connectivity index is 2.92. The molecular formula is C12H20N2OS. The maximum absolute atomic E-state index is 9.16. The van der Waals surface area contributed by atoms with E-state index in [4.69, 9.17) is 10.8 Å². The van der Waals surface area contributed by atoms with E-state index >= 15 is 0 Å². The van der Waals surface area contributed by atoms with E-state index in [9.17, 15) is 0 Å². The number of benzene rings is 1. The van der Waals surface area contributed by atoms with Gasteiger partial charge in [0.25, 0.3) is 0 Å². The van der Waals surface area contributed by atoms with E-state index in [0.717, 1.165) is 5.56 Å². The van der Waals surface area contributed by atoms with Gasteiger partial charge in [0.15, 0.2) is 0 Å². The van der Waals surface area contributed by atoms with Crippen LogP contribution in [0.5, 0.6) is 0 Å². The van der Waals surface area contributed by atoms with Gasteiger partial charge in [0.1, 0.15) is 0 Å². The highest BCUT2D eigenvalue weighted by Gasteiger charge is 2.21. The lowest BCUT2D eigenvalue weighted by molar-refractivity contribution is 0.181. The zero-order chi connectivity index (χ0) is 12.1. The second kappa shape index (κ2) is 6.25. The summed E-state index contributed by atoms with van der Waals surface area (Å²) in [5, 5.41) is 9.16. The van der Waals surface area contributed by atoms with Crippen LogP contribution >= 0.6 is 11.8 Å². The van der Waals surface area contributed by atoms with Gasteiger partial charge in [-0.15, -0.1) is 11.8 Å². The average Bonchev–Trinajstić information content (AvgIpc) is 2.29. The topological polar surface area (TPSA) is 49.5 Å². The minimum Gasteiger partial charge on any atom is -0.395 e. The van der Waals surface area contributed by atoms with E-state index in [0.29, 0.717) is 0 Å². The molecule has 90 valence electrons. The molecule has 2 atom stereocenters. The molecule has 0 saturated heterocycles. The molecule has 0 amide bonds. The summed E-state index contributed by atoms with van der Waals surface area (Å²) >= 11 is 1.72. The second-order valence-corrected chi connectivity index (χ2v) is 4.91. The van der Waals surface area contributed by atoms with Crippen molar-refractivity contribution in [3.8, 4) is 0 Å². The van der Waals surface area contributed by atoms with Crippen molar-refractivity contribution in [2.24, 2.45) is 5.73 Å². The summed E-state index contributed by atoms with van der Waals surface area (Å²) in [5.74, 6) is 0. The van der Waals surface area contributed by atoms with Gasteiger partial charge in [0, 0.05) is 10.9 Å². The molecule has 4 heteroatoms. The van der Waals surface area contributed by atoms with Crippen molar-refractivity contribution in [1.82, 2.24) is 4.90 Å². The SMILES string of the molecule is CSc1ccc(C(C(N)CO)N(C)C)cc1. The number of aliphatic hydroxyl groups excluding tert-OH is 1. The Morgan fingerprint density at radius 3 is 2.25 bits per heavy atom. The number of nitrogens with two attached hydrogens (primary N) is 1. The molecule has 0 aliphatic rings. The zero-order valence-electron chi connectivity index (χ0n) is 10.1. The molecule has 3 N–H and O–H groups in total. The predicted molar refractivity (Wildman–Crippen MR) is 69.7 cm³/mol. The zero-order valence-corrected chi connectivity index (χ0v) is 10.9. The van der Waals surface area contributed by atoms with Crippen LogP contribution < -0.4 is 5.73 Å². The highest BCUT2D eigenvalue weighted by atomic mass is 32.2. The van der Waals surface area contributed by atoms with Crippen molar-refractivity contribution in [3.05, 3.63) is 29.8 Å². The fraction of sp³-hybridized carbons (Fsp3) is 0.500. The standard InChI is InChI=1S/C12H20N2OS/c1-14(2)12(11(13)8-15)9-4-6-10(16-3)7-5-9/h4-7,11-12,15H,8,13H2,1-3H3. The first-order valence-electron chi connectivity index (χ1n) is 5.27. The first-order valence-corrected chi connectivity index (χ1v) is 6.49. The van der Waals surface area contributed by atoms with Gasteiger partial charge >= 0.3 is 0 Å². The van der Waals surface area contributed by atoms with Gasteiger partial charge in [-0.25, -0.2) is 0 Å². The van der Waals surface area contributed by atoms with E-state index in [1.54, 1.807) is 11.8 Å². The van der Waals surface area contributed by atoms with E-state index < -0.39 is 0 Å². The van der Waals surface area contributed by atoms with Crippen LogP contribution in [0, 0.1) is 0 Å². The van der Waals surface area contributed by atoms with Crippen molar-refractivity contribution in [1.29, 1.82) is 0 Å². The predicted octanol–water partition coefficient (Wildman–Crippen LogP) is 1.33. The first kappa shape index (κ1) is 13.5. The fourth-order valence-electron chi connectivity index (χ4n) is 1.83. The summed E-state index contributed by atoms with van der Waals surface area (Å²) < 4.78 is 0. The molecule has 3 nitrogen and oxygen atoms in total. The van der Waals surface area contributed by atoms with Crippen LogP contribution in [0.1, 0.15) is 11.6 Å². The quantitative estimate of drug-likeness (QED) is 0.762. The molecule has 2 unspecified atom stereocenters. The normalized spacial score (nSPS) is 15.1. The third-order valence-electron chi connectivity index (χ3n) is 2.63. The Morgan fingerprint density at radius 1 is 1.31 bits per heavy atom. The molecular weight excluding hydrogens is 220 g/mol. The first-order chi connectivity index (χ1) is 7.60. The van der Waals surface area contributed by atoms with Crippen LogP contribution in [0.15, 0.2) is 29.2 Å². The average molecular weight is 240 g/mol. The number of aliphatic hydroxyl groups is 1. The van der Waals surface area contributed by atoms with Gasteiger partial charge in [-0.3, -0.25) is 0 Å².